The van der Waals surface area contributed by atoms with E-state index in [0.29, 0.717) is 17.6 Å². The van der Waals surface area contributed by atoms with Gasteiger partial charge in [0.05, 0.1) is 33.9 Å². The van der Waals surface area contributed by atoms with E-state index in [1.54, 1.807) is 0 Å². The van der Waals surface area contributed by atoms with Crippen LogP contribution in [0, 0.1) is 0 Å². The number of quaternary nitrogens is 1. The van der Waals surface area contributed by atoms with E-state index < -0.39 is 7.82 Å². The van der Waals surface area contributed by atoms with Crippen LogP contribution in [0.25, 0.3) is 0 Å². The number of likely N-dealkylation sites (N-methyl/N-ethyl adjacent to an activating group) is 1. The van der Waals surface area contributed by atoms with E-state index in [0.717, 1.165) is 12.8 Å². The quantitative estimate of drug-likeness (QED) is 0.0478. The van der Waals surface area contributed by atoms with Crippen molar-refractivity contribution in [2.45, 2.75) is 168 Å². The highest BCUT2D eigenvalue weighted by Crippen LogP contribution is 2.43. The minimum Gasteiger partial charge on any atom is -0.376 e. The zero-order valence-electron chi connectivity index (χ0n) is 27.6. The average molecular weight is 593 g/mol. The summed E-state index contributed by atoms with van der Waals surface area (Å²) in [5.74, 6) is 0. The van der Waals surface area contributed by atoms with Gasteiger partial charge in [-0.1, -0.05) is 148 Å². The molecule has 0 fully saturated rings. The summed E-state index contributed by atoms with van der Waals surface area (Å²) in [4.78, 5) is 9.93. The van der Waals surface area contributed by atoms with Crippen molar-refractivity contribution in [1.29, 1.82) is 0 Å². The Morgan fingerprint density at radius 2 is 0.975 bits per heavy atom. The van der Waals surface area contributed by atoms with Crippen molar-refractivity contribution in [1.82, 2.24) is 0 Å². The standard InChI is InChI=1S/C33H70NO5P/c1-6-8-9-10-11-12-13-14-15-16-17-18-19-20-21-22-23-24-25-26-27-28-29-33(37-7-2)32-39-40(35,36)38-31-30-34(3,4)5/h33H,6-32H2,1-5H3/p+1. The van der Waals surface area contributed by atoms with Crippen LogP contribution in [0.5, 0.6) is 0 Å². The van der Waals surface area contributed by atoms with E-state index in [4.69, 9.17) is 13.8 Å². The summed E-state index contributed by atoms with van der Waals surface area (Å²) in [5, 5.41) is 0. The Hall–Kier alpha value is 0.0300. The molecular weight excluding hydrogens is 521 g/mol. The molecule has 0 radical (unpaired) electrons. The molecule has 0 saturated heterocycles. The van der Waals surface area contributed by atoms with Gasteiger partial charge in [0, 0.05) is 6.61 Å². The van der Waals surface area contributed by atoms with Crippen LogP contribution in [0.15, 0.2) is 0 Å². The molecule has 40 heavy (non-hydrogen) atoms. The summed E-state index contributed by atoms with van der Waals surface area (Å²) in [5.41, 5.74) is 0. The number of phosphoric ester groups is 1. The molecule has 0 aliphatic carbocycles. The zero-order chi connectivity index (χ0) is 29.8. The van der Waals surface area contributed by atoms with Gasteiger partial charge < -0.3 is 14.1 Å². The summed E-state index contributed by atoms with van der Waals surface area (Å²) >= 11 is 0. The first-order chi connectivity index (χ1) is 19.2. The van der Waals surface area contributed by atoms with Crippen LogP contribution >= 0.6 is 7.82 Å². The topological polar surface area (TPSA) is 65.0 Å². The molecule has 0 aliphatic rings. The molecular formula is C33H71NO5P+. The lowest BCUT2D eigenvalue weighted by Gasteiger charge is -2.24. The molecule has 0 spiro atoms. The zero-order valence-corrected chi connectivity index (χ0v) is 28.5. The molecule has 0 aromatic heterocycles. The maximum Gasteiger partial charge on any atom is 0.472 e. The maximum absolute atomic E-state index is 12.1. The highest BCUT2D eigenvalue weighted by Gasteiger charge is 2.24. The monoisotopic (exact) mass is 593 g/mol. The number of unbranched alkanes of at least 4 members (excludes halogenated alkanes) is 21. The molecule has 0 aliphatic heterocycles. The van der Waals surface area contributed by atoms with E-state index in [2.05, 4.69) is 6.92 Å². The summed E-state index contributed by atoms with van der Waals surface area (Å²) < 4.78 is 28.8. The summed E-state index contributed by atoms with van der Waals surface area (Å²) in [6, 6.07) is 0. The van der Waals surface area contributed by atoms with Gasteiger partial charge >= 0.3 is 7.82 Å². The van der Waals surface area contributed by atoms with Gasteiger partial charge in [0.1, 0.15) is 13.2 Å². The lowest BCUT2D eigenvalue weighted by atomic mass is 10.0. The summed E-state index contributed by atoms with van der Waals surface area (Å²) in [6.45, 7) is 5.75. The molecule has 0 saturated carbocycles. The van der Waals surface area contributed by atoms with Gasteiger partial charge in [-0.05, 0) is 13.3 Å². The first kappa shape index (κ1) is 40.0. The van der Waals surface area contributed by atoms with Gasteiger partial charge in [-0.2, -0.15) is 0 Å². The Balaban J connectivity index is 3.50. The predicted octanol–water partition coefficient (Wildman–Crippen LogP) is 10.2. The summed E-state index contributed by atoms with van der Waals surface area (Å²) in [6.07, 6.45) is 31.1. The first-order valence-electron chi connectivity index (χ1n) is 17.2. The SMILES string of the molecule is CCCCCCCCCCCCCCCCCCCCCCCCC(COP(=O)(O)OCC[N+](C)(C)C)OCC. The number of hydrogen-bond donors (Lipinski definition) is 1. The van der Waals surface area contributed by atoms with Gasteiger partial charge in [-0.15, -0.1) is 0 Å². The molecule has 0 aromatic carbocycles. The van der Waals surface area contributed by atoms with E-state index in [1.807, 2.05) is 28.1 Å². The van der Waals surface area contributed by atoms with E-state index in [1.165, 1.54) is 135 Å². The van der Waals surface area contributed by atoms with Gasteiger partial charge in [-0.25, -0.2) is 4.57 Å². The largest absolute Gasteiger partial charge is 0.472 e. The van der Waals surface area contributed by atoms with Crippen molar-refractivity contribution in [3.8, 4) is 0 Å². The Morgan fingerprint density at radius 3 is 1.32 bits per heavy atom. The van der Waals surface area contributed by atoms with Gasteiger partial charge in [-0.3, -0.25) is 9.05 Å². The molecule has 0 amide bonds. The lowest BCUT2D eigenvalue weighted by molar-refractivity contribution is -0.870. The van der Waals surface area contributed by atoms with Crippen LogP contribution in [0.4, 0.5) is 0 Å². The molecule has 0 aromatic rings. The van der Waals surface area contributed by atoms with Crippen molar-refractivity contribution in [3.63, 3.8) is 0 Å². The molecule has 1 N–H and O–H groups in total. The third-order valence-electron chi connectivity index (χ3n) is 7.72. The van der Waals surface area contributed by atoms with Crippen LogP contribution in [0.2, 0.25) is 0 Å². The van der Waals surface area contributed by atoms with E-state index >= 15 is 0 Å². The van der Waals surface area contributed by atoms with Crippen LogP contribution in [0.1, 0.15) is 162 Å². The smallest absolute Gasteiger partial charge is 0.376 e. The van der Waals surface area contributed by atoms with Gasteiger partial charge in [0.25, 0.3) is 0 Å². The number of nitrogens with zero attached hydrogens (tertiary/aromatic N) is 1. The Bertz CT molecular complexity index is 570. The molecule has 2 unspecified atom stereocenters. The number of hydrogen-bond acceptors (Lipinski definition) is 4. The normalized spacial score (nSPS) is 14.4. The molecule has 0 heterocycles. The fraction of sp³-hybridized carbons (Fsp3) is 1.00. The second-order valence-corrected chi connectivity index (χ2v) is 14.4. The van der Waals surface area contributed by atoms with Crippen LogP contribution in [0.3, 0.4) is 0 Å². The van der Waals surface area contributed by atoms with Gasteiger partial charge in [0.2, 0.25) is 0 Å². The third kappa shape index (κ3) is 31.0. The molecule has 6 nitrogen and oxygen atoms in total. The third-order valence-corrected chi connectivity index (χ3v) is 8.71. The highest BCUT2D eigenvalue weighted by molar-refractivity contribution is 7.47. The molecule has 7 heteroatoms. The molecule has 2 atom stereocenters. The minimum absolute atomic E-state index is 0.102. The molecule has 0 bridgehead atoms. The van der Waals surface area contributed by atoms with Crippen LogP contribution < -0.4 is 0 Å². The average Bonchev–Trinajstić information content (AvgIpc) is 2.89. The Labute approximate surface area is 250 Å². The maximum atomic E-state index is 12.1. The summed E-state index contributed by atoms with van der Waals surface area (Å²) in [7, 11) is 2.01. The first-order valence-corrected chi connectivity index (χ1v) is 18.7. The predicted molar refractivity (Wildman–Crippen MR) is 172 cm³/mol. The van der Waals surface area contributed by atoms with Crippen molar-refractivity contribution < 1.29 is 27.7 Å². The van der Waals surface area contributed by atoms with E-state index in [9.17, 15) is 9.46 Å². The van der Waals surface area contributed by atoms with Gasteiger partial charge in [0.15, 0.2) is 0 Å². The number of phosphoric acid groups is 1. The van der Waals surface area contributed by atoms with Crippen molar-refractivity contribution in [2.24, 2.45) is 0 Å². The Kier molecular flexibility index (Phi) is 27.9. The molecule has 0 rings (SSSR count). The minimum atomic E-state index is -4.03. The highest BCUT2D eigenvalue weighted by atomic mass is 31.2. The van der Waals surface area contributed by atoms with Crippen LogP contribution in [-0.4, -0.2) is 63.0 Å². The molecule has 242 valence electrons. The van der Waals surface area contributed by atoms with Crippen molar-refractivity contribution in [2.75, 3.05) is 47.5 Å². The van der Waals surface area contributed by atoms with E-state index in [-0.39, 0.29) is 19.3 Å². The van der Waals surface area contributed by atoms with Crippen molar-refractivity contribution >= 4 is 7.82 Å². The second kappa shape index (κ2) is 27.8. The fourth-order valence-electron chi connectivity index (χ4n) is 5.08. The van der Waals surface area contributed by atoms with Crippen molar-refractivity contribution in [3.05, 3.63) is 0 Å². The lowest BCUT2D eigenvalue weighted by Crippen LogP contribution is -2.37. The second-order valence-electron chi connectivity index (χ2n) is 12.9. The number of rotatable bonds is 32. The number of ether oxygens (including phenoxy) is 1. The fourth-order valence-corrected chi connectivity index (χ4v) is 5.82. The Morgan fingerprint density at radius 1 is 0.600 bits per heavy atom. The van der Waals surface area contributed by atoms with Crippen LogP contribution in [-0.2, 0) is 18.3 Å².